The van der Waals surface area contributed by atoms with Gasteiger partial charge in [-0.1, -0.05) is 30.3 Å². The van der Waals surface area contributed by atoms with E-state index in [1.54, 1.807) is 0 Å². The van der Waals surface area contributed by atoms with Gasteiger partial charge in [-0.25, -0.2) is 0 Å². The quantitative estimate of drug-likeness (QED) is 0.859. The number of hydrogen-bond acceptors (Lipinski definition) is 2. The molecular weight excluding hydrogens is 220 g/mol. The molecule has 1 saturated heterocycles. The highest BCUT2D eigenvalue weighted by molar-refractivity contribution is 5.14. The van der Waals surface area contributed by atoms with Crippen molar-refractivity contribution < 1.29 is 0 Å². The molecule has 2 rings (SSSR count). The van der Waals surface area contributed by atoms with E-state index in [9.17, 15) is 0 Å². The zero-order chi connectivity index (χ0) is 12.8. The van der Waals surface area contributed by atoms with Gasteiger partial charge in [0.05, 0.1) is 0 Å². The Labute approximate surface area is 111 Å². The summed E-state index contributed by atoms with van der Waals surface area (Å²) in [6.07, 6.45) is 2.72. The lowest BCUT2D eigenvalue weighted by Crippen LogP contribution is -2.40. The van der Waals surface area contributed by atoms with Crippen LogP contribution >= 0.6 is 0 Å². The smallest absolute Gasteiger partial charge is 0.0236 e. The highest BCUT2D eigenvalue weighted by Gasteiger charge is 2.18. The van der Waals surface area contributed by atoms with Crippen LogP contribution in [0.25, 0.3) is 0 Å². The number of hydrogen-bond donors (Lipinski definition) is 1. The van der Waals surface area contributed by atoms with Crippen molar-refractivity contribution in [2.24, 2.45) is 5.92 Å². The van der Waals surface area contributed by atoms with Crippen molar-refractivity contribution in [3.8, 4) is 0 Å². The lowest BCUT2D eigenvalue weighted by molar-refractivity contribution is 0.164. The number of benzene rings is 1. The van der Waals surface area contributed by atoms with Gasteiger partial charge in [-0.05, 0) is 51.3 Å². The van der Waals surface area contributed by atoms with Crippen molar-refractivity contribution in [2.75, 3.05) is 19.6 Å². The molecule has 18 heavy (non-hydrogen) atoms. The fourth-order valence-corrected chi connectivity index (χ4v) is 2.69. The molecule has 0 amide bonds. The van der Waals surface area contributed by atoms with Crippen molar-refractivity contribution in [1.82, 2.24) is 10.2 Å². The predicted molar refractivity (Wildman–Crippen MR) is 77.6 cm³/mol. The first-order valence-corrected chi connectivity index (χ1v) is 7.24. The summed E-state index contributed by atoms with van der Waals surface area (Å²) in [6.45, 7) is 9.31. The third-order valence-electron chi connectivity index (χ3n) is 3.85. The minimum atomic E-state index is 0.618. The van der Waals surface area contributed by atoms with Crippen LogP contribution in [0, 0.1) is 5.92 Å². The summed E-state index contributed by atoms with van der Waals surface area (Å²) in [5, 5.41) is 3.52. The van der Waals surface area contributed by atoms with E-state index in [0.29, 0.717) is 6.04 Å². The molecule has 1 atom stereocenters. The topological polar surface area (TPSA) is 15.3 Å². The second kappa shape index (κ2) is 6.91. The second-order valence-electron chi connectivity index (χ2n) is 5.72. The molecule has 1 aliphatic heterocycles. The van der Waals surface area contributed by atoms with Gasteiger partial charge in [-0.2, -0.15) is 0 Å². The van der Waals surface area contributed by atoms with Crippen LogP contribution in [-0.4, -0.2) is 30.6 Å². The highest BCUT2D eigenvalue weighted by atomic mass is 15.1. The Morgan fingerprint density at radius 3 is 2.67 bits per heavy atom. The Balaban J connectivity index is 1.91. The standard InChI is InChI=1S/C16H26N2/c1-14(2)18(12-15-7-4-3-5-8-15)13-16-9-6-10-17-11-16/h3-5,7-8,14,16-17H,6,9-13H2,1-2H3. The summed E-state index contributed by atoms with van der Waals surface area (Å²) in [5.41, 5.74) is 1.43. The number of nitrogens with zero attached hydrogens (tertiary/aromatic N) is 1. The van der Waals surface area contributed by atoms with Gasteiger partial charge in [-0.15, -0.1) is 0 Å². The van der Waals surface area contributed by atoms with Crippen LogP contribution in [-0.2, 0) is 6.54 Å². The van der Waals surface area contributed by atoms with E-state index in [1.165, 1.54) is 38.0 Å². The van der Waals surface area contributed by atoms with E-state index in [-0.39, 0.29) is 0 Å². The fourth-order valence-electron chi connectivity index (χ4n) is 2.69. The molecule has 1 aromatic carbocycles. The third kappa shape index (κ3) is 4.11. The minimum absolute atomic E-state index is 0.618. The summed E-state index contributed by atoms with van der Waals surface area (Å²) in [6, 6.07) is 11.4. The Morgan fingerprint density at radius 2 is 2.06 bits per heavy atom. The van der Waals surface area contributed by atoms with E-state index >= 15 is 0 Å². The Morgan fingerprint density at radius 1 is 1.28 bits per heavy atom. The number of nitrogens with one attached hydrogen (secondary N) is 1. The van der Waals surface area contributed by atoms with Gasteiger partial charge >= 0.3 is 0 Å². The summed E-state index contributed by atoms with van der Waals surface area (Å²) >= 11 is 0. The van der Waals surface area contributed by atoms with E-state index in [2.05, 4.69) is 54.4 Å². The molecule has 0 spiro atoms. The van der Waals surface area contributed by atoms with Gasteiger partial charge in [0.15, 0.2) is 0 Å². The zero-order valence-electron chi connectivity index (χ0n) is 11.7. The second-order valence-corrected chi connectivity index (χ2v) is 5.72. The SMILES string of the molecule is CC(C)N(Cc1ccccc1)CC1CCCNC1. The van der Waals surface area contributed by atoms with Crippen molar-refractivity contribution in [2.45, 2.75) is 39.3 Å². The lowest BCUT2D eigenvalue weighted by Gasteiger charge is -2.32. The molecule has 1 aromatic rings. The van der Waals surface area contributed by atoms with Crippen molar-refractivity contribution in [3.63, 3.8) is 0 Å². The molecule has 0 bridgehead atoms. The van der Waals surface area contributed by atoms with Crippen molar-refractivity contribution >= 4 is 0 Å². The van der Waals surface area contributed by atoms with Crippen LogP contribution in [0.3, 0.4) is 0 Å². The summed E-state index contributed by atoms with van der Waals surface area (Å²) in [5.74, 6) is 0.824. The predicted octanol–water partition coefficient (Wildman–Crippen LogP) is 2.90. The van der Waals surface area contributed by atoms with Crippen LogP contribution in [0.5, 0.6) is 0 Å². The molecule has 0 radical (unpaired) electrons. The number of piperidine rings is 1. The van der Waals surface area contributed by atoms with Gasteiger partial charge in [0.1, 0.15) is 0 Å². The van der Waals surface area contributed by atoms with E-state index in [4.69, 9.17) is 0 Å². The Bertz CT molecular complexity index is 328. The first-order valence-electron chi connectivity index (χ1n) is 7.24. The molecule has 1 heterocycles. The maximum absolute atomic E-state index is 3.52. The molecule has 2 heteroatoms. The maximum Gasteiger partial charge on any atom is 0.0236 e. The third-order valence-corrected chi connectivity index (χ3v) is 3.85. The van der Waals surface area contributed by atoms with Crippen molar-refractivity contribution in [3.05, 3.63) is 35.9 Å². The van der Waals surface area contributed by atoms with E-state index < -0.39 is 0 Å². The van der Waals surface area contributed by atoms with Gasteiger partial charge in [0.25, 0.3) is 0 Å². The summed E-state index contributed by atoms with van der Waals surface area (Å²) in [4.78, 5) is 2.60. The first-order chi connectivity index (χ1) is 8.75. The molecule has 1 unspecified atom stereocenters. The van der Waals surface area contributed by atoms with Crippen LogP contribution in [0.4, 0.5) is 0 Å². The van der Waals surface area contributed by atoms with Gasteiger partial charge < -0.3 is 5.32 Å². The monoisotopic (exact) mass is 246 g/mol. The molecule has 0 saturated carbocycles. The van der Waals surface area contributed by atoms with E-state index in [1.807, 2.05) is 0 Å². The zero-order valence-corrected chi connectivity index (χ0v) is 11.7. The largest absolute Gasteiger partial charge is 0.316 e. The van der Waals surface area contributed by atoms with Crippen LogP contribution in [0.15, 0.2) is 30.3 Å². The van der Waals surface area contributed by atoms with Gasteiger partial charge in [-0.3, -0.25) is 4.90 Å². The Hall–Kier alpha value is -0.860. The normalized spacial score (nSPS) is 20.6. The van der Waals surface area contributed by atoms with Crippen LogP contribution < -0.4 is 5.32 Å². The Kier molecular flexibility index (Phi) is 5.21. The van der Waals surface area contributed by atoms with E-state index in [0.717, 1.165) is 12.5 Å². The average Bonchev–Trinajstić information content (AvgIpc) is 2.40. The maximum atomic E-state index is 3.52. The van der Waals surface area contributed by atoms with Crippen LogP contribution in [0.2, 0.25) is 0 Å². The lowest BCUT2D eigenvalue weighted by atomic mass is 9.98. The summed E-state index contributed by atoms with van der Waals surface area (Å²) < 4.78 is 0. The molecule has 1 fully saturated rings. The summed E-state index contributed by atoms with van der Waals surface area (Å²) in [7, 11) is 0. The highest BCUT2D eigenvalue weighted by Crippen LogP contribution is 2.16. The fraction of sp³-hybridized carbons (Fsp3) is 0.625. The van der Waals surface area contributed by atoms with Crippen molar-refractivity contribution in [1.29, 1.82) is 0 Å². The average molecular weight is 246 g/mol. The molecule has 0 aromatic heterocycles. The molecule has 0 aliphatic carbocycles. The first kappa shape index (κ1) is 13.6. The molecule has 1 N–H and O–H groups in total. The number of rotatable bonds is 5. The molecule has 100 valence electrons. The van der Waals surface area contributed by atoms with Crippen LogP contribution in [0.1, 0.15) is 32.3 Å². The van der Waals surface area contributed by atoms with Gasteiger partial charge in [0, 0.05) is 19.1 Å². The molecule has 2 nitrogen and oxygen atoms in total. The molecular formula is C16H26N2. The molecule has 1 aliphatic rings. The van der Waals surface area contributed by atoms with Gasteiger partial charge in [0.2, 0.25) is 0 Å². The minimum Gasteiger partial charge on any atom is -0.316 e.